The van der Waals surface area contributed by atoms with Gasteiger partial charge in [-0.25, -0.2) is 8.42 Å². The lowest BCUT2D eigenvalue weighted by Gasteiger charge is -2.38. The average Bonchev–Trinajstić information content (AvgIpc) is 3.77. The van der Waals surface area contributed by atoms with Gasteiger partial charge in [0, 0.05) is 72.2 Å². The van der Waals surface area contributed by atoms with Crippen LogP contribution in [0, 0.1) is 11.3 Å². The maximum absolute atomic E-state index is 14.2. The number of aromatic nitrogens is 2. The Balaban J connectivity index is 1.38. The topological polar surface area (TPSA) is 102 Å². The first kappa shape index (κ1) is 26.1. The Morgan fingerprint density at radius 1 is 1.00 bits per heavy atom. The zero-order chi connectivity index (χ0) is 28.5. The number of benzene rings is 2. The van der Waals surface area contributed by atoms with Crippen LogP contribution in [0.15, 0.2) is 59.8 Å². The summed E-state index contributed by atoms with van der Waals surface area (Å²) in [6.45, 7) is 6.62. The van der Waals surface area contributed by atoms with Crippen molar-refractivity contribution in [3.05, 3.63) is 82.8 Å². The van der Waals surface area contributed by atoms with Crippen molar-refractivity contribution in [3.8, 4) is 6.07 Å². The number of rotatable bonds is 4. The van der Waals surface area contributed by atoms with Gasteiger partial charge in [0.25, 0.3) is 0 Å². The number of carbonyl (C=O) groups is 1. The summed E-state index contributed by atoms with van der Waals surface area (Å²) in [5, 5.41) is 10.2. The van der Waals surface area contributed by atoms with Crippen LogP contribution >= 0.6 is 0 Å². The van der Waals surface area contributed by atoms with Crippen LogP contribution in [0.4, 0.5) is 5.69 Å². The molecule has 2 aromatic carbocycles. The van der Waals surface area contributed by atoms with Crippen molar-refractivity contribution >= 4 is 32.4 Å². The van der Waals surface area contributed by atoms with Gasteiger partial charge in [-0.2, -0.15) is 9.57 Å². The molecule has 0 spiro atoms. The molecular formula is C32H33N5O3S. The van der Waals surface area contributed by atoms with Crippen LogP contribution in [-0.4, -0.2) is 54.2 Å². The van der Waals surface area contributed by atoms with Crippen molar-refractivity contribution in [2.75, 3.05) is 31.1 Å². The summed E-state index contributed by atoms with van der Waals surface area (Å²) in [4.78, 5) is 20.1. The summed E-state index contributed by atoms with van der Waals surface area (Å²) in [6.07, 6.45) is 7.69. The van der Waals surface area contributed by atoms with Crippen LogP contribution in [0.3, 0.4) is 0 Å². The quantitative estimate of drug-likeness (QED) is 0.359. The molecule has 7 rings (SSSR count). The Bertz CT molecular complexity index is 1830. The van der Waals surface area contributed by atoms with Crippen LogP contribution in [0.25, 0.3) is 10.9 Å². The molecule has 0 bridgehead atoms. The van der Waals surface area contributed by atoms with Gasteiger partial charge in [0.05, 0.1) is 22.9 Å². The molecule has 0 amide bonds. The van der Waals surface area contributed by atoms with Gasteiger partial charge in [-0.05, 0) is 67.6 Å². The molecule has 1 N–H and O–H groups in total. The van der Waals surface area contributed by atoms with E-state index in [1.54, 1.807) is 22.5 Å². The van der Waals surface area contributed by atoms with Crippen molar-refractivity contribution < 1.29 is 13.2 Å². The lowest BCUT2D eigenvalue weighted by Crippen LogP contribution is -2.38. The van der Waals surface area contributed by atoms with E-state index in [1.165, 1.54) is 0 Å². The van der Waals surface area contributed by atoms with Crippen molar-refractivity contribution in [2.45, 2.75) is 55.9 Å². The van der Waals surface area contributed by atoms with Crippen molar-refractivity contribution in [2.24, 2.45) is 0 Å². The number of nitriles is 1. The fourth-order valence-corrected chi connectivity index (χ4v) is 8.77. The predicted octanol–water partition coefficient (Wildman–Crippen LogP) is 5.34. The summed E-state index contributed by atoms with van der Waals surface area (Å²) in [7, 11) is -3.79. The van der Waals surface area contributed by atoms with Gasteiger partial charge in [0.2, 0.25) is 10.0 Å². The van der Waals surface area contributed by atoms with Crippen LogP contribution in [0.2, 0.25) is 0 Å². The van der Waals surface area contributed by atoms with E-state index in [0.29, 0.717) is 41.5 Å². The third-order valence-corrected chi connectivity index (χ3v) is 11.3. The Morgan fingerprint density at radius 3 is 2.39 bits per heavy atom. The predicted molar refractivity (Wildman–Crippen MR) is 158 cm³/mol. The molecular weight excluding hydrogens is 534 g/mol. The van der Waals surface area contributed by atoms with E-state index < -0.39 is 15.4 Å². The van der Waals surface area contributed by atoms with Gasteiger partial charge >= 0.3 is 0 Å². The highest BCUT2D eigenvalue weighted by molar-refractivity contribution is 7.89. The number of fused-ring (bicyclic) bond motifs is 4. The zero-order valence-corrected chi connectivity index (χ0v) is 24.2. The molecule has 8 nitrogen and oxygen atoms in total. The molecule has 4 aromatic rings. The maximum Gasteiger partial charge on any atom is 0.245 e. The molecule has 9 heteroatoms. The van der Waals surface area contributed by atoms with Gasteiger partial charge in [-0.15, -0.1) is 0 Å². The lowest BCUT2D eigenvalue weighted by molar-refractivity contribution is 0.103. The number of aromatic amines is 1. The Labute approximate surface area is 240 Å². The van der Waals surface area contributed by atoms with E-state index in [2.05, 4.69) is 46.8 Å². The average molecular weight is 568 g/mol. The monoisotopic (exact) mass is 567 g/mol. The van der Waals surface area contributed by atoms with Crippen molar-refractivity contribution in [3.63, 3.8) is 0 Å². The van der Waals surface area contributed by atoms with Crippen LogP contribution in [0.1, 0.15) is 78.3 Å². The number of nitrogens with one attached hydrogen (secondary N) is 1. The van der Waals surface area contributed by atoms with Gasteiger partial charge in [0.1, 0.15) is 4.90 Å². The van der Waals surface area contributed by atoms with Crippen molar-refractivity contribution in [1.82, 2.24) is 13.9 Å². The summed E-state index contributed by atoms with van der Waals surface area (Å²) < 4.78 is 32.1. The zero-order valence-electron chi connectivity index (χ0n) is 23.4. The highest BCUT2D eigenvalue weighted by Gasteiger charge is 2.42. The largest absolute Gasteiger partial charge is 0.370 e. The molecule has 3 aliphatic rings. The number of nitrogens with zero attached hydrogens (tertiary/aromatic N) is 4. The van der Waals surface area contributed by atoms with Crippen molar-refractivity contribution in [1.29, 1.82) is 5.26 Å². The molecule has 210 valence electrons. The second-order valence-electron chi connectivity index (χ2n) is 12.0. The molecule has 2 saturated heterocycles. The fraction of sp³-hybridized carbons (Fsp3) is 0.375. The fourth-order valence-electron chi connectivity index (χ4n) is 7.03. The molecule has 4 heterocycles. The number of hydrogen-bond acceptors (Lipinski definition) is 5. The number of anilines is 1. The van der Waals surface area contributed by atoms with E-state index >= 15 is 0 Å². The highest BCUT2D eigenvalue weighted by atomic mass is 32.2. The van der Waals surface area contributed by atoms with Gasteiger partial charge in [-0.3, -0.25) is 4.79 Å². The molecule has 0 atom stereocenters. The Hall–Kier alpha value is -3.87. The summed E-state index contributed by atoms with van der Waals surface area (Å²) >= 11 is 0. The number of ketones is 1. The molecule has 41 heavy (non-hydrogen) atoms. The summed E-state index contributed by atoms with van der Waals surface area (Å²) in [5.41, 5.74) is 3.98. The minimum Gasteiger partial charge on any atom is -0.370 e. The van der Waals surface area contributed by atoms with Gasteiger partial charge in [-0.1, -0.05) is 19.9 Å². The first-order chi connectivity index (χ1) is 19.7. The SMILES string of the molecule is CC1(C)c2cc(N3CCC(n4cccc4)CC3)c(S(=O)(=O)N3CCCC3)cc2C(=O)c2c1[nH]c1cc(C#N)ccc21. The maximum atomic E-state index is 14.2. The molecule has 0 unspecified atom stereocenters. The second kappa shape index (κ2) is 9.33. The third-order valence-electron chi connectivity index (χ3n) is 9.33. The molecule has 0 radical (unpaired) electrons. The molecule has 1 aliphatic carbocycles. The van der Waals surface area contributed by atoms with Gasteiger partial charge in [0.15, 0.2) is 5.78 Å². The number of sulfonamides is 1. The van der Waals surface area contributed by atoms with Gasteiger partial charge < -0.3 is 14.5 Å². The summed E-state index contributed by atoms with van der Waals surface area (Å²) in [5.74, 6) is -0.180. The first-order valence-electron chi connectivity index (χ1n) is 14.4. The second-order valence-corrected chi connectivity index (χ2v) is 13.9. The number of hydrogen-bond donors (Lipinski definition) is 1. The highest BCUT2D eigenvalue weighted by Crippen LogP contribution is 2.47. The molecule has 2 aromatic heterocycles. The minimum atomic E-state index is -3.79. The number of carbonyl (C=O) groups excluding carboxylic acids is 1. The number of H-pyrrole nitrogens is 1. The smallest absolute Gasteiger partial charge is 0.245 e. The van der Waals surface area contributed by atoms with E-state index in [1.807, 2.05) is 24.3 Å². The Kier molecular flexibility index (Phi) is 5.93. The summed E-state index contributed by atoms with van der Waals surface area (Å²) in [6, 6.07) is 15.6. The van der Waals surface area contributed by atoms with E-state index in [-0.39, 0.29) is 10.7 Å². The minimum absolute atomic E-state index is 0.180. The van der Waals surface area contributed by atoms with Crippen LogP contribution in [-0.2, 0) is 15.4 Å². The van der Waals surface area contributed by atoms with E-state index in [9.17, 15) is 18.5 Å². The standard InChI is InChI=1S/C32H33N5O3S/c1-32(2)25-19-27(36-15-9-22(10-16-36)35-11-3-4-12-35)28(41(39,40)37-13-5-6-14-37)18-24(25)30(38)29-23-8-7-21(20-33)17-26(23)34-31(29)32/h3-4,7-8,11-12,17-19,22,34H,5-6,9-10,13-16H2,1-2H3. The molecule has 2 fully saturated rings. The lowest BCUT2D eigenvalue weighted by atomic mass is 9.71. The van der Waals surface area contributed by atoms with E-state index in [4.69, 9.17) is 0 Å². The van der Waals surface area contributed by atoms with E-state index in [0.717, 1.165) is 60.9 Å². The third kappa shape index (κ3) is 3.96. The van der Waals surface area contributed by atoms with Crippen LogP contribution in [0.5, 0.6) is 0 Å². The molecule has 0 saturated carbocycles. The normalized spacial score (nSPS) is 19.3. The first-order valence-corrected chi connectivity index (χ1v) is 15.8. The number of piperidine rings is 1. The van der Waals surface area contributed by atoms with Crippen LogP contribution < -0.4 is 4.90 Å². The Morgan fingerprint density at radius 2 is 1.71 bits per heavy atom. The molecule has 2 aliphatic heterocycles.